The molecule has 3 heterocycles. The van der Waals surface area contributed by atoms with Crippen LogP contribution in [0.2, 0.25) is 5.02 Å². The Morgan fingerprint density at radius 3 is 2.45 bits per heavy atom. The third-order valence-corrected chi connectivity index (χ3v) is 11.2. The Bertz CT molecular complexity index is 2300. The number of aromatic nitrogens is 2. The summed E-state index contributed by atoms with van der Waals surface area (Å²) in [4.78, 5) is 22.3. The summed E-state index contributed by atoms with van der Waals surface area (Å²) in [6.07, 6.45) is 0.359. The fraction of sp³-hybridized carbons (Fsp3) is 0.279. The van der Waals surface area contributed by atoms with Crippen molar-refractivity contribution in [2.75, 3.05) is 53.5 Å². The number of carboxylic acid groups (broad SMARTS) is 1. The van der Waals surface area contributed by atoms with Gasteiger partial charge in [-0.3, -0.25) is 9.88 Å². The van der Waals surface area contributed by atoms with Crippen LogP contribution in [0.15, 0.2) is 91.1 Å². The molecule has 10 nitrogen and oxygen atoms in total. The molecule has 2 aromatic heterocycles. The second-order valence-corrected chi connectivity index (χ2v) is 14.8. The number of halogens is 2. The van der Waals surface area contributed by atoms with Crippen LogP contribution in [-0.2, 0) is 17.8 Å². The Hall–Kier alpha value is -5.27. The highest BCUT2D eigenvalue weighted by molar-refractivity contribution is 7.13. The average molecular weight is 797 g/mol. The van der Waals surface area contributed by atoms with Gasteiger partial charge in [0.15, 0.2) is 0 Å². The van der Waals surface area contributed by atoms with Crippen molar-refractivity contribution >= 4 is 39.2 Å². The van der Waals surface area contributed by atoms with Gasteiger partial charge in [-0.2, -0.15) is 4.37 Å². The summed E-state index contributed by atoms with van der Waals surface area (Å²) in [6, 6.07) is 24.7. The lowest BCUT2D eigenvalue weighted by Gasteiger charge is -2.32. The number of fused-ring (bicyclic) bond motifs is 1. The Balaban J connectivity index is 1.20. The second kappa shape index (κ2) is 17.7. The van der Waals surface area contributed by atoms with E-state index in [1.54, 1.807) is 31.5 Å². The van der Waals surface area contributed by atoms with Gasteiger partial charge in [0.25, 0.3) is 0 Å². The maximum atomic E-state index is 14.1. The van der Waals surface area contributed by atoms with Crippen LogP contribution in [0.3, 0.4) is 0 Å². The van der Waals surface area contributed by atoms with E-state index in [0.29, 0.717) is 55.6 Å². The van der Waals surface area contributed by atoms with Crippen molar-refractivity contribution in [1.29, 1.82) is 0 Å². The molecule has 1 aliphatic rings. The molecule has 0 amide bonds. The molecule has 0 saturated carbocycles. The third-order valence-electron chi connectivity index (χ3n) is 9.94. The Morgan fingerprint density at radius 1 is 0.964 bits per heavy atom. The highest BCUT2D eigenvalue weighted by atomic mass is 35.5. The molecule has 1 N–H and O–H groups in total. The lowest BCUT2D eigenvalue weighted by molar-refractivity contribution is -0.145. The van der Waals surface area contributed by atoms with Gasteiger partial charge in [-0.1, -0.05) is 48.0 Å². The highest BCUT2D eigenvalue weighted by Gasteiger charge is 2.28. The van der Waals surface area contributed by atoms with E-state index in [2.05, 4.69) is 21.2 Å². The number of ether oxygens (including phenoxy) is 4. The molecule has 0 spiro atoms. The quantitative estimate of drug-likeness (QED) is 0.109. The molecule has 1 atom stereocenters. The number of benzene rings is 4. The molecule has 6 aromatic rings. The first-order valence-corrected chi connectivity index (χ1v) is 19.4. The van der Waals surface area contributed by atoms with Crippen LogP contribution in [0.1, 0.15) is 16.7 Å². The minimum atomic E-state index is -1.32. The van der Waals surface area contributed by atoms with E-state index in [1.165, 1.54) is 12.1 Å². The Morgan fingerprint density at radius 2 is 1.71 bits per heavy atom. The highest BCUT2D eigenvalue weighted by Crippen LogP contribution is 2.46. The largest absolute Gasteiger partial charge is 0.497 e. The Labute approximate surface area is 334 Å². The molecule has 56 heavy (non-hydrogen) atoms. The van der Waals surface area contributed by atoms with Gasteiger partial charge in [0.2, 0.25) is 12.0 Å². The molecule has 0 aliphatic carbocycles. The number of pyridine rings is 1. The van der Waals surface area contributed by atoms with E-state index in [0.717, 1.165) is 66.7 Å². The molecule has 0 bridgehead atoms. The topological polar surface area (TPSA) is 106 Å². The number of hydrogen-bond donors (Lipinski definition) is 1. The van der Waals surface area contributed by atoms with Crippen molar-refractivity contribution in [3.63, 3.8) is 0 Å². The molecule has 1 aliphatic heterocycles. The van der Waals surface area contributed by atoms with E-state index in [1.807, 2.05) is 61.5 Å². The van der Waals surface area contributed by atoms with E-state index < -0.39 is 12.1 Å². The molecule has 13 heteroatoms. The Kier molecular flexibility index (Phi) is 12.3. The van der Waals surface area contributed by atoms with Crippen molar-refractivity contribution in [2.24, 2.45) is 0 Å². The van der Waals surface area contributed by atoms with Gasteiger partial charge in [-0.25, -0.2) is 9.18 Å². The molecule has 4 aromatic carbocycles. The van der Waals surface area contributed by atoms with Gasteiger partial charge in [0.05, 0.1) is 27.9 Å². The van der Waals surface area contributed by atoms with Gasteiger partial charge in [-0.05, 0) is 96.3 Å². The summed E-state index contributed by atoms with van der Waals surface area (Å²) in [6.45, 7) is 7.47. The molecule has 290 valence electrons. The number of aliphatic carboxylic acids is 1. The van der Waals surface area contributed by atoms with Crippen LogP contribution >= 0.6 is 23.1 Å². The zero-order valence-electron chi connectivity index (χ0n) is 31.3. The van der Waals surface area contributed by atoms with Crippen LogP contribution in [0.4, 0.5) is 4.39 Å². The predicted octanol–water partition coefficient (Wildman–Crippen LogP) is 8.41. The van der Waals surface area contributed by atoms with Gasteiger partial charge in [-0.15, -0.1) is 0 Å². The number of carboxylic acids is 1. The van der Waals surface area contributed by atoms with Gasteiger partial charge >= 0.3 is 5.97 Å². The second-order valence-electron chi connectivity index (χ2n) is 13.7. The molecule has 7 rings (SSSR count). The fourth-order valence-corrected chi connectivity index (χ4v) is 7.61. The lowest BCUT2D eigenvalue weighted by Crippen LogP contribution is -2.45. The zero-order chi connectivity index (χ0) is 39.2. The summed E-state index contributed by atoms with van der Waals surface area (Å²) >= 11 is 8.18. The molecular weight excluding hydrogens is 755 g/mol. The van der Waals surface area contributed by atoms with Crippen molar-refractivity contribution < 1.29 is 33.2 Å². The molecule has 0 unspecified atom stereocenters. The number of carbonyl (C=O) groups is 1. The first-order chi connectivity index (χ1) is 27.2. The van der Waals surface area contributed by atoms with E-state index >= 15 is 0 Å². The van der Waals surface area contributed by atoms with Gasteiger partial charge in [0.1, 0.15) is 36.3 Å². The maximum absolute atomic E-state index is 14.1. The zero-order valence-corrected chi connectivity index (χ0v) is 32.9. The lowest BCUT2D eigenvalue weighted by atomic mass is 9.93. The fourth-order valence-electron chi connectivity index (χ4n) is 6.69. The molecule has 0 radical (unpaired) electrons. The third kappa shape index (κ3) is 8.89. The summed E-state index contributed by atoms with van der Waals surface area (Å²) in [5.74, 6) is 0.434. The van der Waals surface area contributed by atoms with Crippen LogP contribution in [0.5, 0.6) is 23.1 Å². The maximum Gasteiger partial charge on any atom is 0.345 e. The number of hydrogen-bond acceptors (Lipinski definition) is 10. The summed E-state index contributed by atoms with van der Waals surface area (Å²) < 4.78 is 43.4. The molecule has 1 saturated heterocycles. The monoisotopic (exact) mass is 796 g/mol. The van der Waals surface area contributed by atoms with Gasteiger partial charge < -0.3 is 29.0 Å². The van der Waals surface area contributed by atoms with Crippen molar-refractivity contribution in [2.45, 2.75) is 26.1 Å². The van der Waals surface area contributed by atoms with E-state index in [4.69, 9.17) is 35.5 Å². The first kappa shape index (κ1) is 39.0. The summed E-state index contributed by atoms with van der Waals surface area (Å²) in [5.41, 5.74) is 4.88. The van der Waals surface area contributed by atoms with Gasteiger partial charge in [0, 0.05) is 56.5 Å². The summed E-state index contributed by atoms with van der Waals surface area (Å²) in [5, 5.41) is 11.5. The van der Waals surface area contributed by atoms with Crippen molar-refractivity contribution in [3.8, 4) is 45.5 Å². The number of rotatable bonds is 15. The minimum Gasteiger partial charge on any atom is -0.497 e. The standard InChI is InChI=1S/C43H42ClFN4O6S/c1-27-33(16-17-35(40(27)44)53-23-22-49-20-18-48(2)19-21-49)38-39-37(25-46-41(38)29-10-12-31(45)13-11-29)56-47-42(39)55-36(43(50)51)24-30-6-4-5-7-34(30)54-26-28-8-14-32(52-3)15-9-28/h4-17,25,36H,18-24,26H2,1-3H3,(H,50,51)/t36-/m1/s1. The number of piperazine rings is 1. The van der Waals surface area contributed by atoms with Crippen LogP contribution < -0.4 is 18.9 Å². The van der Waals surface area contributed by atoms with E-state index in [-0.39, 0.29) is 24.7 Å². The predicted molar refractivity (Wildman–Crippen MR) is 217 cm³/mol. The van der Waals surface area contributed by atoms with Crippen LogP contribution in [0.25, 0.3) is 32.5 Å². The molecular formula is C43H42ClFN4O6S. The van der Waals surface area contributed by atoms with E-state index in [9.17, 15) is 14.3 Å². The average Bonchev–Trinajstić information content (AvgIpc) is 3.62. The number of para-hydroxylation sites is 1. The normalized spacial score (nSPS) is 14.1. The minimum absolute atomic E-state index is 0.00337. The first-order valence-electron chi connectivity index (χ1n) is 18.3. The van der Waals surface area contributed by atoms with Crippen molar-refractivity contribution in [3.05, 3.63) is 119 Å². The SMILES string of the molecule is COc1ccc(COc2ccccc2C[C@@H](Oc2nsc3cnc(-c4ccc(F)cc4)c(-c4ccc(OCCN5CCN(C)CC5)c(Cl)c4C)c23)C(=O)O)cc1. The smallest absolute Gasteiger partial charge is 0.345 e. The number of nitrogens with zero attached hydrogens (tertiary/aromatic N) is 4. The number of likely N-dealkylation sites (N-methyl/N-ethyl adjacent to an activating group) is 1. The van der Waals surface area contributed by atoms with Crippen molar-refractivity contribution in [1.82, 2.24) is 19.2 Å². The molecule has 1 fully saturated rings. The number of methoxy groups -OCH3 is 1. The van der Waals surface area contributed by atoms with Crippen LogP contribution in [-0.4, -0.2) is 89.8 Å². The van der Waals surface area contributed by atoms with Crippen LogP contribution in [0, 0.1) is 12.7 Å². The summed E-state index contributed by atoms with van der Waals surface area (Å²) in [7, 11) is 3.74.